The molecule has 0 bridgehead atoms. The van der Waals surface area contributed by atoms with E-state index in [0.717, 1.165) is 11.1 Å². The van der Waals surface area contributed by atoms with Crippen molar-refractivity contribution in [2.45, 2.75) is 19.2 Å². The Morgan fingerprint density at radius 1 is 0.839 bits per heavy atom. The number of amides is 3. The standard InChI is InChI=1S/C25H24N2O4/c1-31-21-14-12-18(13-15-21)16-22-23(28)26(17-19-8-4-2-5-9-19)25(30)27(24(22)29)20-10-6-3-7-11-20/h2-15,22,24,29H,16-17H2,1H3. The molecule has 1 aliphatic rings. The molecule has 2 atom stereocenters. The molecule has 1 aliphatic heterocycles. The summed E-state index contributed by atoms with van der Waals surface area (Å²) in [6, 6.07) is 25.1. The third-order valence-corrected chi connectivity index (χ3v) is 5.48. The summed E-state index contributed by atoms with van der Waals surface area (Å²) in [5, 5.41) is 11.1. The average molecular weight is 416 g/mol. The van der Waals surface area contributed by atoms with Gasteiger partial charge in [-0.1, -0.05) is 60.7 Å². The minimum atomic E-state index is -1.27. The molecule has 158 valence electrons. The average Bonchev–Trinajstić information content (AvgIpc) is 2.81. The van der Waals surface area contributed by atoms with Gasteiger partial charge in [0.25, 0.3) is 0 Å². The van der Waals surface area contributed by atoms with Crippen molar-refractivity contribution in [1.29, 1.82) is 0 Å². The van der Waals surface area contributed by atoms with E-state index in [2.05, 4.69) is 0 Å². The molecule has 3 amide bonds. The Bertz CT molecular complexity index is 1040. The number of benzene rings is 3. The summed E-state index contributed by atoms with van der Waals surface area (Å²) in [7, 11) is 1.59. The molecule has 3 aromatic carbocycles. The van der Waals surface area contributed by atoms with Gasteiger partial charge in [0.2, 0.25) is 5.91 Å². The van der Waals surface area contributed by atoms with Gasteiger partial charge in [0, 0.05) is 5.69 Å². The molecular formula is C25H24N2O4. The molecule has 0 aliphatic carbocycles. The molecule has 0 saturated carbocycles. The molecule has 1 fully saturated rings. The van der Waals surface area contributed by atoms with Crippen LogP contribution in [0.2, 0.25) is 0 Å². The highest BCUT2D eigenvalue weighted by Gasteiger charge is 2.46. The highest BCUT2D eigenvalue weighted by Crippen LogP contribution is 2.31. The van der Waals surface area contributed by atoms with Crippen molar-refractivity contribution >= 4 is 17.6 Å². The van der Waals surface area contributed by atoms with Crippen LogP contribution in [-0.4, -0.2) is 35.3 Å². The molecular weight excluding hydrogens is 392 g/mol. The van der Waals surface area contributed by atoms with Crippen LogP contribution in [0.3, 0.4) is 0 Å². The first-order valence-corrected chi connectivity index (χ1v) is 10.1. The lowest BCUT2D eigenvalue weighted by Crippen LogP contribution is -2.62. The predicted octanol–water partition coefficient (Wildman–Crippen LogP) is 3.84. The summed E-state index contributed by atoms with van der Waals surface area (Å²) in [5.74, 6) is -0.467. The normalized spacial score (nSPS) is 18.9. The lowest BCUT2D eigenvalue weighted by molar-refractivity contribution is -0.139. The summed E-state index contributed by atoms with van der Waals surface area (Å²) in [4.78, 5) is 29.2. The third kappa shape index (κ3) is 4.29. The Morgan fingerprint density at radius 2 is 1.45 bits per heavy atom. The van der Waals surface area contributed by atoms with Crippen molar-refractivity contribution in [3.8, 4) is 5.75 Å². The molecule has 0 spiro atoms. The van der Waals surface area contributed by atoms with E-state index in [1.165, 1.54) is 9.80 Å². The van der Waals surface area contributed by atoms with Crippen LogP contribution in [0.1, 0.15) is 11.1 Å². The molecule has 0 aromatic heterocycles. The van der Waals surface area contributed by atoms with E-state index < -0.39 is 18.2 Å². The van der Waals surface area contributed by atoms with Crippen LogP contribution in [0, 0.1) is 5.92 Å². The highest BCUT2D eigenvalue weighted by atomic mass is 16.5. The van der Waals surface area contributed by atoms with E-state index in [4.69, 9.17) is 4.74 Å². The lowest BCUT2D eigenvalue weighted by Gasteiger charge is -2.42. The first kappa shape index (κ1) is 20.6. The van der Waals surface area contributed by atoms with E-state index in [1.54, 1.807) is 31.4 Å². The molecule has 6 nitrogen and oxygen atoms in total. The summed E-state index contributed by atoms with van der Waals surface area (Å²) < 4.78 is 5.20. The quantitative estimate of drug-likeness (QED) is 0.663. The number of imide groups is 1. The fourth-order valence-corrected chi connectivity index (χ4v) is 3.82. The maximum absolute atomic E-state index is 13.3. The molecule has 1 heterocycles. The summed E-state index contributed by atoms with van der Waals surface area (Å²) >= 11 is 0. The number of carbonyl (C=O) groups is 2. The molecule has 3 aromatic rings. The zero-order valence-electron chi connectivity index (χ0n) is 17.2. The van der Waals surface area contributed by atoms with Crippen LogP contribution >= 0.6 is 0 Å². The predicted molar refractivity (Wildman–Crippen MR) is 118 cm³/mol. The Morgan fingerprint density at radius 3 is 2.06 bits per heavy atom. The zero-order valence-corrected chi connectivity index (χ0v) is 17.2. The first-order valence-electron chi connectivity index (χ1n) is 10.1. The van der Waals surface area contributed by atoms with Crippen molar-refractivity contribution in [3.63, 3.8) is 0 Å². The number of anilines is 1. The molecule has 6 heteroatoms. The SMILES string of the molecule is COc1ccc(CC2C(=O)N(Cc3ccccc3)C(=O)N(c3ccccc3)C2O)cc1. The number of aliphatic hydroxyl groups is 1. The Hall–Kier alpha value is -3.64. The largest absolute Gasteiger partial charge is 0.497 e. The maximum Gasteiger partial charge on any atom is 0.333 e. The van der Waals surface area contributed by atoms with Crippen molar-refractivity contribution < 1.29 is 19.4 Å². The second kappa shape index (κ2) is 9.02. The molecule has 0 radical (unpaired) electrons. The summed E-state index contributed by atoms with van der Waals surface area (Å²) in [5.41, 5.74) is 2.27. The van der Waals surface area contributed by atoms with Gasteiger partial charge in [0.15, 0.2) is 0 Å². The van der Waals surface area contributed by atoms with Crippen molar-refractivity contribution in [3.05, 3.63) is 96.1 Å². The van der Waals surface area contributed by atoms with Crippen LogP contribution < -0.4 is 9.64 Å². The minimum absolute atomic E-state index is 0.147. The summed E-state index contributed by atoms with van der Waals surface area (Å²) in [6.07, 6.45) is -0.970. The van der Waals surface area contributed by atoms with Crippen molar-refractivity contribution in [2.24, 2.45) is 5.92 Å². The second-order valence-corrected chi connectivity index (χ2v) is 7.47. The Labute approximate surface area is 181 Å². The van der Waals surface area contributed by atoms with Gasteiger partial charge in [0.1, 0.15) is 12.0 Å². The van der Waals surface area contributed by atoms with Gasteiger partial charge in [-0.25, -0.2) is 4.79 Å². The second-order valence-electron chi connectivity index (χ2n) is 7.47. The monoisotopic (exact) mass is 416 g/mol. The Kier molecular flexibility index (Phi) is 6.00. The highest BCUT2D eigenvalue weighted by molar-refractivity contribution is 6.07. The van der Waals surface area contributed by atoms with Crippen molar-refractivity contribution in [2.75, 3.05) is 12.0 Å². The molecule has 2 unspecified atom stereocenters. The van der Waals surface area contributed by atoms with Gasteiger partial charge >= 0.3 is 6.03 Å². The fourth-order valence-electron chi connectivity index (χ4n) is 3.82. The number of methoxy groups -OCH3 is 1. The topological polar surface area (TPSA) is 70.1 Å². The molecule has 4 rings (SSSR count). The molecule has 1 N–H and O–H groups in total. The number of hydrogen-bond acceptors (Lipinski definition) is 4. The Balaban J connectivity index is 1.68. The smallest absolute Gasteiger partial charge is 0.333 e. The van der Waals surface area contributed by atoms with Crippen LogP contribution in [-0.2, 0) is 17.8 Å². The summed E-state index contributed by atoms with van der Waals surface area (Å²) in [6.45, 7) is 0.147. The van der Waals surface area contributed by atoms with E-state index in [9.17, 15) is 14.7 Å². The number of para-hydroxylation sites is 1. The number of aliphatic hydroxyl groups excluding tert-OH is 1. The number of rotatable bonds is 6. The van der Waals surface area contributed by atoms with Crippen LogP contribution in [0.25, 0.3) is 0 Å². The van der Waals surface area contributed by atoms with Gasteiger partial charge in [-0.05, 0) is 41.8 Å². The van der Waals surface area contributed by atoms with Gasteiger partial charge in [-0.3, -0.25) is 14.6 Å². The third-order valence-electron chi connectivity index (χ3n) is 5.48. The van der Waals surface area contributed by atoms with Crippen LogP contribution in [0.4, 0.5) is 10.5 Å². The lowest BCUT2D eigenvalue weighted by atomic mass is 9.93. The van der Waals surface area contributed by atoms with E-state index in [1.807, 2.05) is 60.7 Å². The van der Waals surface area contributed by atoms with Gasteiger partial charge in [-0.2, -0.15) is 0 Å². The van der Waals surface area contributed by atoms with Gasteiger partial charge in [-0.15, -0.1) is 0 Å². The zero-order chi connectivity index (χ0) is 21.8. The van der Waals surface area contributed by atoms with Gasteiger partial charge < -0.3 is 9.84 Å². The fraction of sp³-hybridized carbons (Fsp3) is 0.200. The number of hydrogen-bond donors (Lipinski definition) is 1. The van der Waals surface area contributed by atoms with Crippen LogP contribution in [0.5, 0.6) is 5.75 Å². The number of ether oxygens (including phenoxy) is 1. The molecule has 31 heavy (non-hydrogen) atoms. The first-order chi connectivity index (χ1) is 15.1. The van der Waals surface area contributed by atoms with Crippen molar-refractivity contribution in [1.82, 2.24) is 4.90 Å². The number of urea groups is 1. The van der Waals surface area contributed by atoms with E-state index in [-0.39, 0.29) is 12.5 Å². The van der Waals surface area contributed by atoms with E-state index >= 15 is 0 Å². The minimum Gasteiger partial charge on any atom is -0.497 e. The molecule has 1 saturated heterocycles. The van der Waals surface area contributed by atoms with Crippen LogP contribution in [0.15, 0.2) is 84.9 Å². The maximum atomic E-state index is 13.3. The van der Waals surface area contributed by atoms with E-state index in [0.29, 0.717) is 17.9 Å². The number of nitrogens with zero attached hydrogens (tertiary/aromatic N) is 2. The number of carbonyl (C=O) groups excluding carboxylic acids is 2. The van der Waals surface area contributed by atoms with Gasteiger partial charge in [0.05, 0.1) is 19.6 Å².